The van der Waals surface area contributed by atoms with E-state index in [1.54, 1.807) is 25.2 Å². The molecular formula is C23H24FN3O3. The third kappa shape index (κ3) is 5.31. The van der Waals surface area contributed by atoms with Crippen molar-refractivity contribution in [3.8, 4) is 11.3 Å². The first kappa shape index (κ1) is 21.2. The average molecular weight is 409 g/mol. The zero-order chi connectivity index (χ0) is 21.5. The van der Waals surface area contributed by atoms with E-state index in [1.165, 1.54) is 17.2 Å². The number of rotatable bonds is 8. The van der Waals surface area contributed by atoms with Gasteiger partial charge in [-0.3, -0.25) is 9.59 Å². The summed E-state index contributed by atoms with van der Waals surface area (Å²) < 4.78 is 19.4. The summed E-state index contributed by atoms with van der Waals surface area (Å²) in [4.78, 5) is 30.1. The average Bonchev–Trinajstić information content (AvgIpc) is 3.21. The quantitative estimate of drug-likeness (QED) is 0.608. The van der Waals surface area contributed by atoms with Crippen molar-refractivity contribution in [3.05, 3.63) is 72.0 Å². The van der Waals surface area contributed by atoms with Crippen LogP contribution in [0.2, 0.25) is 0 Å². The van der Waals surface area contributed by atoms with E-state index in [2.05, 4.69) is 10.3 Å². The van der Waals surface area contributed by atoms with Crippen LogP contribution in [0.5, 0.6) is 0 Å². The third-order valence-electron chi connectivity index (χ3n) is 4.72. The van der Waals surface area contributed by atoms with Gasteiger partial charge in [0.2, 0.25) is 11.8 Å². The predicted octanol–water partition coefficient (Wildman–Crippen LogP) is 4.07. The molecule has 0 spiro atoms. The number of carbonyl (C=O) groups excluding carboxylic acids is 2. The molecule has 1 aromatic heterocycles. The van der Waals surface area contributed by atoms with Crippen LogP contribution in [0.4, 0.5) is 10.1 Å². The van der Waals surface area contributed by atoms with Crippen molar-refractivity contribution in [2.45, 2.75) is 26.2 Å². The van der Waals surface area contributed by atoms with E-state index in [9.17, 15) is 14.0 Å². The van der Waals surface area contributed by atoms with Crippen molar-refractivity contribution < 1.29 is 18.4 Å². The largest absolute Gasteiger partial charge is 0.441 e. The van der Waals surface area contributed by atoms with Crippen LogP contribution in [0.25, 0.3) is 11.3 Å². The fraction of sp³-hybridized carbons (Fsp3) is 0.261. The summed E-state index contributed by atoms with van der Waals surface area (Å²) in [5.41, 5.74) is 2.12. The van der Waals surface area contributed by atoms with Gasteiger partial charge >= 0.3 is 0 Å². The molecular weight excluding hydrogens is 385 g/mol. The van der Waals surface area contributed by atoms with E-state index >= 15 is 0 Å². The van der Waals surface area contributed by atoms with E-state index in [1.807, 2.05) is 31.2 Å². The van der Waals surface area contributed by atoms with Gasteiger partial charge in [-0.05, 0) is 30.2 Å². The Labute approximate surface area is 174 Å². The fourth-order valence-corrected chi connectivity index (χ4v) is 3.06. The van der Waals surface area contributed by atoms with Gasteiger partial charge in [0, 0.05) is 25.6 Å². The lowest BCUT2D eigenvalue weighted by Crippen LogP contribution is -2.35. The highest BCUT2D eigenvalue weighted by atomic mass is 19.1. The molecule has 0 saturated heterocycles. The van der Waals surface area contributed by atoms with E-state index < -0.39 is 5.82 Å². The van der Waals surface area contributed by atoms with Crippen molar-refractivity contribution in [1.29, 1.82) is 0 Å². The minimum Gasteiger partial charge on any atom is -0.441 e. The van der Waals surface area contributed by atoms with E-state index in [0.29, 0.717) is 17.2 Å². The lowest BCUT2D eigenvalue weighted by Gasteiger charge is -2.17. The molecule has 156 valence electrons. The van der Waals surface area contributed by atoms with Crippen molar-refractivity contribution in [3.63, 3.8) is 0 Å². The van der Waals surface area contributed by atoms with Gasteiger partial charge in [0.15, 0.2) is 11.7 Å². The van der Waals surface area contributed by atoms with Crippen molar-refractivity contribution in [2.24, 2.45) is 0 Å². The standard InChI is InChI=1S/C23H24FN3O3/c1-3-16-8-4-7-11-19(16)26-21(28)15-27(2)23(29)13-12-22-25-14-20(30-22)17-9-5-6-10-18(17)24/h4-11,14H,3,12-13,15H2,1-2H3,(H,26,28). The Morgan fingerprint density at radius 2 is 1.87 bits per heavy atom. The second kappa shape index (κ2) is 9.82. The molecule has 0 unspecified atom stereocenters. The van der Waals surface area contributed by atoms with Crippen LogP contribution in [-0.4, -0.2) is 35.3 Å². The molecule has 1 N–H and O–H groups in total. The molecule has 3 aromatic rings. The van der Waals surface area contributed by atoms with Crippen molar-refractivity contribution in [2.75, 3.05) is 18.9 Å². The molecule has 0 aliphatic rings. The number of aryl methyl sites for hydroxylation is 2. The Morgan fingerprint density at radius 1 is 1.13 bits per heavy atom. The highest BCUT2D eigenvalue weighted by molar-refractivity contribution is 5.95. The Kier molecular flexibility index (Phi) is 6.95. The third-order valence-corrected chi connectivity index (χ3v) is 4.72. The minimum absolute atomic E-state index is 0.0526. The SMILES string of the molecule is CCc1ccccc1NC(=O)CN(C)C(=O)CCc1ncc(-c2ccccc2F)o1. The second-order valence-corrected chi connectivity index (χ2v) is 6.91. The zero-order valence-electron chi connectivity index (χ0n) is 17.0. The number of nitrogens with zero attached hydrogens (tertiary/aromatic N) is 2. The van der Waals surface area contributed by atoms with Gasteiger partial charge < -0.3 is 14.6 Å². The number of benzene rings is 2. The maximum Gasteiger partial charge on any atom is 0.243 e. The highest BCUT2D eigenvalue weighted by Crippen LogP contribution is 2.23. The molecule has 6 nitrogen and oxygen atoms in total. The topological polar surface area (TPSA) is 75.4 Å². The number of amides is 2. The number of halogens is 1. The summed E-state index contributed by atoms with van der Waals surface area (Å²) >= 11 is 0. The summed E-state index contributed by atoms with van der Waals surface area (Å²) in [5, 5.41) is 2.85. The van der Waals surface area contributed by atoms with Crippen LogP contribution in [0.1, 0.15) is 24.8 Å². The van der Waals surface area contributed by atoms with Crippen LogP contribution in [-0.2, 0) is 22.4 Å². The molecule has 1 heterocycles. The highest BCUT2D eigenvalue weighted by Gasteiger charge is 2.16. The summed E-state index contributed by atoms with van der Waals surface area (Å²) in [6, 6.07) is 13.8. The molecule has 0 fully saturated rings. The first-order valence-electron chi connectivity index (χ1n) is 9.79. The van der Waals surface area contributed by atoms with Crippen LogP contribution in [0, 0.1) is 5.82 Å². The normalized spacial score (nSPS) is 10.6. The molecule has 0 saturated carbocycles. The number of hydrogen-bond acceptors (Lipinski definition) is 4. The summed E-state index contributed by atoms with van der Waals surface area (Å²) in [7, 11) is 1.58. The van der Waals surface area contributed by atoms with E-state index in [-0.39, 0.29) is 31.2 Å². The summed E-state index contributed by atoms with van der Waals surface area (Å²) in [6.45, 7) is 1.96. The van der Waals surface area contributed by atoms with Gasteiger partial charge in [-0.15, -0.1) is 0 Å². The lowest BCUT2D eigenvalue weighted by atomic mass is 10.1. The smallest absolute Gasteiger partial charge is 0.243 e. The molecule has 0 aliphatic heterocycles. The number of oxazole rings is 1. The Hall–Kier alpha value is -3.48. The molecule has 0 bridgehead atoms. The van der Waals surface area contributed by atoms with Gasteiger partial charge in [-0.1, -0.05) is 37.3 Å². The van der Waals surface area contributed by atoms with Crippen LogP contribution in [0.15, 0.2) is 59.1 Å². The molecule has 2 aromatic carbocycles. The van der Waals surface area contributed by atoms with Gasteiger partial charge in [0.05, 0.1) is 18.3 Å². The lowest BCUT2D eigenvalue weighted by molar-refractivity contribution is -0.133. The number of nitrogens with one attached hydrogen (secondary N) is 1. The summed E-state index contributed by atoms with van der Waals surface area (Å²) in [6.07, 6.45) is 2.64. The molecule has 2 amide bonds. The monoisotopic (exact) mass is 409 g/mol. The Morgan fingerprint density at radius 3 is 2.63 bits per heavy atom. The first-order chi connectivity index (χ1) is 14.5. The molecule has 0 aliphatic carbocycles. The minimum atomic E-state index is -0.397. The molecule has 0 atom stereocenters. The van der Waals surface area contributed by atoms with Gasteiger partial charge in [0.1, 0.15) is 5.82 Å². The van der Waals surface area contributed by atoms with Gasteiger partial charge in [-0.25, -0.2) is 9.37 Å². The van der Waals surface area contributed by atoms with Crippen LogP contribution in [0.3, 0.4) is 0 Å². The van der Waals surface area contributed by atoms with E-state index in [4.69, 9.17) is 4.42 Å². The zero-order valence-corrected chi connectivity index (χ0v) is 17.0. The van der Waals surface area contributed by atoms with Gasteiger partial charge in [0.25, 0.3) is 0 Å². The Bertz CT molecular complexity index is 1030. The number of likely N-dealkylation sites (N-methyl/N-ethyl adjacent to an activating group) is 1. The number of aromatic nitrogens is 1. The number of anilines is 1. The maximum atomic E-state index is 13.8. The molecule has 30 heavy (non-hydrogen) atoms. The number of carbonyl (C=O) groups is 2. The van der Waals surface area contributed by atoms with Crippen molar-refractivity contribution >= 4 is 17.5 Å². The molecule has 3 rings (SSSR count). The number of hydrogen-bond donors (Lipinski definition) is 1. The summed E-state index contributed by atoms with van der Waals surface area (Å²) in [5.74, 6) is -0.204. The first-order valence-corrected chi connectivity index (χ1v) is 9.79. The molecule has 7 heteroatoms. The fourth-order valence-electron chi connectivity index (χ4n) is 3.06. The van der Waals surface area contributed by atoms with Gasteiger partial charge in [-0.2, -0.15) is 0 Å². The predicted molar refractivity (Wildman–Crippen MR) is 112 cm³/mol. The number of para-hydroxylation sites is 1. The van der Waals surface area contributed by atoms with Crippen LogP contribution < -0.4 is 5.32 Å². The van der Waals surface area contributed by atoms with Crippen LogP contribution >= 0.6 is 0 Å². The van der Waals surface area contributed by atoms with E-state index in [0.717, 1.165) is 17.7 Å². The second-order valence-electron chi connectivity index (χ2n) is 6.91. The maximum absolute atomic E-state index is 13.8. The van der Waals surface area contributed by atoms with Crippen molar-refractivity contribution in [1.82, 2.24) is 9.88 Å². The molecule has 0 radical (unpaired) electrons. The Balaban J connectivity index is 1.51.